The maximum absolute atomic E-state index is 12.7. The number of nitrogens with zero attached hydrogens (tertiary/aromatic N) is 2. The summed E-state index contributed by atoms with van der Waals surface area (Å²) in [5.41, 5.74) is 1.28. The first-order valence-corrected chi connectivity index (χ1v) is 9.30. The van der Waals surface area contributed by atoms with E-state index in [9.17, 15) is 9.90 Å². The molecule has 1 atom stereocenters. The van der Waals surface area contributed by atoms with Crippen molar-refractivity contribution in [2.75, 3.05) is 19.6 Å². The summed E-state index contributed by atoms with van der Waals surface area (Å²) in [6, 6.07) is 8.24. The van der Waals surface area contributed by atoms with Crippen LogP contribution in [0.4, 0.5) is 0 Å². The SMILES string of the molecule is CC(C)(O)C1CCCN1Cc1cccc(C(=O)N2CCCCC2)c1. The molecule has 0 spiro atoms. The van der Waals surface area contributed by atoms with Crippen molar-refractivity contribution in [2.24, 2.45) is 0 Å². The highest BCUT2D eigenvalue weighted by Crippen LogP contribution is 2.28. The number of amides is 1. The zero-order valence-electron chi connectivity index (χ0n) is 15.0. The van der Waals surface area contributed by atoms with E-state index < -0.39 is 5.60 Å². The molecule has 1 N–H and O–H groups in total. The predicted octanol–water partition coefficient (Wildman–Crippen LogP) is 3.05. The van der Waals surface area contributed by atoms with E-state index >= 15 is 0 Å². The number of rotatable bonds is 4. The van der Waals surface area contributed by atoms with Crippen molar-refractivity contribution in [3.8, 4) is 0 Å². The Morgan fingerprint density at radius 3 is 2.62 bits per heavy atom. The molecule has 0 saturated carbocycles. The van der Waals surface area contributed by atoms with Crippen LogP contribution in [0.15, 0.2) is 24.3 Å². The Bertz CT molecular complexity index is 573. The molecular formula is C20H30N2O2. The highest BCUT2D eigenvalue weighted by molar-refractivity contribution is 5.94. The van der Waals surface area contributed by atoms with Gasteiger partial charge in [0, 0.05) is 31.2 Å². The lowest BCUT2D eigenvalue weighted by atomic mass is 9.96. The Morgan fingerprint density at radius 1 is 1.17 bits per heavy atom. The van der Waals surface area contributed by atoms with Crippen molar-refractivity contribution in [2.45, 2.75) is 64.1 Å². The summed E-state index contributed by atoms with van der Waals surface area (Å²) in [5, 5.41) is 10.4. The number of piperidine rings is 1. The topological polar surface area (TPSA) is 43.8 Å². The Morgan fingerprint density at radius 2 is 1.92 bits per heavy atom. The molecule has 0 aromatic heterocycles. The van der Waals surface area contributed by atoms with Crippen molar-refractivity contribution in [1.29, 1.82) is 0 Å². The van der Waals surface area contributed by atoms with Crippen LogP contribution in [0.3, 0.4) is 0 Å². The zero-order chi connectivity index (χ0) is 17.2. The van der Waals surface area contributed by atoms with Crippen molar-refractivity contribution in [3.05, 3.63) is 35.4 Å². The minimum Gasteiger partial charge on any atom is -0.389 e. The number of carbonyl (C=O) groups excluding carboxylic acids is 1. The van der Waals surface area contributed by atoms with Crippen molar-refractivity contribution in [3.63, 3.8) is 0 Å². The van der Waals surface area contributed by atoms with Crippen LogP contribution in [0.1, 0.15) is 61.9 Å². The van der Waals surface area contributed by atoms with E-state index in [0.29, 0.717) is 0 Å². The first-order valence-electron chi connectivity index (χ1n) is 9.30. The summed E-state index contributed by atoms with van der Waals surface area (Å²) in [5.74, 6) is 0.164. The van der Waals surface area contributed by atoms with Crippen LogP contribution in [0.5, 0.6) is 0 Å². The molecule has 0 aliphatic carbocycles. The van der Waals surface area contributed by atoms with Crippen molar-refractivity contribution in [1.82, 2.24) is 9.80 Å². The molecule has 2 fully saturated rings. The van der Waals surface area contributed by atoms with E-state index in [1.54, 1.807) is 0 Å². The van der Waals surface area contributed by atoms with Gasteiger partial charge in [0.05, 0.1) is 5.60 Å². The normalized spacial score (nSPS) is 22.8. The number of hydrogen-bond donors (Lipinski definition) is 1. The van der Waals surface area contributed by atoms with Crippen LogP contribution in [-0.2, 0) is 6.54 Å². The van der Waals surface area contributed by atoms with Gasteiger partial charge in [0.25, 0.3) is 5.91 Å². The molecule has 2 aliphatic heterocycles. The number of hydrogen-bond acceptors (Lipinski definition) is 3. The third kappa shape index (κ3) is 3.98. The number of carbonyl (C=O) groups is 1. The second-order valence-electron chi connectivity index (χ2n) is 7.84. The summed E-state index contributed by atoms with van der Waals surface area (Å²) in [4.78, 5) is 17.0. The standard InChI is InChI=1S/C20H30N2O2/c1-20(2,24)18-10-7-13-22(18)15-16-8-6-9-17(14-16)19(23)21-11-4-3-5-12-21/h6,8-9,14,18,24H,3-5,7,10-13,15H2,1-2H3. The van der Waals surface area contributed by atoms with Gasteiger partial charge in [0.2, 0.25) is 0 Å². The highest BCUT2D eigenvalue weighted by Gasteiger charge is 2.35. The fraction of sp³-hybridized carbons (Fsp3) is 0.650. The van der Waals surface area contributed by atoms with Gasteiger partial charge >= 0.3 is 0 Å². The molecule has 2 heterocycles. The first kappa shape index (κ1) is 17.4. The van der Waals surface area contributed by atoms with Gasteiger partial charge in [-0.05, 0) is 70.2 Å². The molecule has 1 aromatic carbocycles. The minimum atomic E-state index is -0.683. The van der Waals surface area contributed by atoms with E-state index in [4.69, 9.17) is 0 Å². The average Bonchev–Trinajstić information content (AvgIpc) is 3.04. The van der Waals surface area contributed by atoms with Crippen molar-refractivity contribution < 1.29 is 9.90 Å². The Balaban J connectivity index is 1.70. The van der Waals surface area contributed by atoms with Crippen LogP contribution in [0.25, 0.3) is 0 Å². The van der Waals surface area contributed by atoms with E-state index in [-0.39, 0.29) is 11.9 Å². The lowest BCUT2D eigenvalue weighted by molar-refractivity contribution is -0.00503. The van der Waals surface area contributed by atoms with Gasteiger partial charge in [-0.25, -0.2) is 0 Å². The molecule has 1 amide bonds. The molecule has 4 nitrogen and oxygen atoms in total. The molecule has 4 heteroatoms. The molecule has 24 heavy (non-hydrogen) atoms. The fourth-order valence-electron chi connectivity index (χ4n) is 4.13. The van der Waals surface area contributed by atoms with Gasteiger partial charge in [-0.3, -0.25) is 9.69 Å². The highest BCUT2D eigenvalue weighted by atomic mass is 16.3. The zero-order valence-corrected chi connectivity index (χ0v) is 15.0. The second kappa shape index (κ2) is 7.24. The summed E-state index contributed by atoms with van der Waals surface area (Å²) in [6.07, 6.45) is 5.63. The largest absolute Gasteiger partial charge is 0.389 e. The average molecular weight is 330 g/mol. The van der Waals surface area contributed by atoms with Crippen molar-refractivity contribution >= 4 is 5.91 Å². The molecule has 132 valence electrons. The quantitative estimate of drug-likeness (QED) is 0.923. The number of benzene rings is 1. The first-order chi connectivity index (χ1) is 11.4. The fourth-order valence-corrected chi connectivity index (χ4v) is 4.13. The predicted molar refractivity (Wildman–Crippen MR) is 95.9 cm³/mol. The molecular weight excluding hydrogens is 300 g/mol. The summed E-state index contributed by atoms with van der Waals surface area (Å²) in [6.45, 7) is 7.37. The number of aliphatic hydroxyl groups is 1. The third-order valence-corrected chi connectivity index (χ3v) is 5.38. The van der Waals surface area contributed by atoms with Gasteiger partial charge in [-0.2, -0.15) is 0 Å². The maximum Gasteiger partial charge on any atom is 0.253 e. The van der Waals surface area contributed by atoms with E-state index in [1.165, 1.54) is 6.42 Å². The van der Waals surface area contributed by atoms with Gasteiger partial charge in [0.15, 0.2) is 0 Å². The molecule has 1 unspecified atom stereocenters. The molecule has 0 bridgehead atoms. The van der Waals surface area contributed by atoms with Gasteiger partial charge in [-0.1, -0.05) is 12.1 Å². The smallest absolute Gasteiger partial charge is 0.253 e. The van der Waals surface area contributed by atoms with E-state index in [0.717, 1.165) is 63.0 Å². The van der Waals surface area contributed by atoms with Gasteiger partial charge in [0.1, 0.15) is 0 Å². The summed E-state index contributed by atoms with van der Waals surface area (Å²) < 4.78 is 0. The van der Waals surface area contributed by atoms with Gasteiger partial charge < -0.3 is 10.0 Å². The second-order valence-corrected chi connectivity index (χ2v) is 7.84. The van der Waals surface area contributed by atoms with Crippen LogP contribution in [0, 0.1) is 0 Å². The van der Waals surface area contributed by atoms with Crippen LogP contribution in [0.2, 0.25) is 0 Å². The summed E-state index contributed by atoms with van der Waals surface area (Å²) in [7, 11) is 0. The molecule has 2 saturated heterocycles. The number of likely N-dealkylation sites (tertiary alicyclic amines) is 2. The maximum atomic E-state index is 12.7. The Labute approximate surface area is 145 Å². The lowest BCUT2D eigenvalue weighted by Crippen LogP contribution is -2.45. The lowest BCUT2D eigenvalue weighted by Gasteiger charge is -2.34. The van der Waals surface area contributed by atoms with Crippen LogP contribution >= 0.6 is 0 Å². The van der Waals surface area contributed by atoms with Crippen LogP contribution in [-0.4, -0.2) is 52.1 Å². The van der Waals surface area contributed by atoms with E-state index in [1.807, 2.05) is 36.9 Å². The van der Waals surface area contributed by atoms with E-state index in [2.05, 4.69) is 11.0 Å². The monoisotopic (exact) mass is 330 g/mol. The minimum absolute atomic E-state index is 0.164. The van der Waals surface area contributed by atoms with Crippen LogP contribution < -0.4 is 0 Å². The Kier molecular flexibility index (Phi) is 5.26. The molecule has 1 aromatic rings. The molecule has 3 rings (SSSR count). The molecule has 2 aliphatic rings. The van der Waals surface area contributed by atoms with Gasteiger partial charge in [-0.15, -0.1) is 0 Å². The Hall–Kier alpha value is -1.39. The third-order valence-electron chi connectivity index (χ3n) is 5.38. The molecule has 0 radical (unpaired) electrons. The summed E-state index contributed by atoms with van der Waals surface area (Å²) >= 11 is 0.